The number of sulfonamides is 1. The van der Waals surface area contributed by atoms with E-state index < -0.39 is 10.0 Å². The molecule has 0 saturated heterocycles. The third kappa shape index (κ3) is 6.28. The predicted octanol–water partition coefficient (Wildman–Crippen LogP) is 2.72. The average Bonchev–Trinajstić information content (AvgIpc) is 2.52. The summed E-state index contributed by atoms with van der Waals surface area (Å²) in [6, 6.07) is 12.0. The van der Waals surface area contributed by atoms with E-state index in [1.54, 1.807) is 42.5 Å². The number of anilines is 1. The fourth-order valence-electron chi connectivity index (χ4n) is 2.14. The molecule has 1 amide bonds. The lowest BCUT2D eigenvalue weighted by molar-refractivity contribution is -0.123. The summed E-state index contributed by atoms with van der Waals surface area (Å²) in [5.41, 5.74) is 1.92. The van der Waals surface area contributed by atoms with E-state index in [1.807, 2.05) is 6.92 Å². The number of rotatable bonds is 7. The van der Waals surface area contributed by atoms with Crippen molar-refractivity contribution in [2.75, 3.05) is 17.6 Å². The van der Waals surface area contributed by atoms with Gasteiger partial charge in [-0.25, -0.2) is 8.42 Å². The molecule has 2 rings (SSSR count). The molecule has 8 heteroatoms. The lowest BCUT2D eigenvalue weighted by Gasteiger charge is -2.12. The Kier molecular flexibility index (Phi) is 6.27. The van der Waals surface area contributed by atoms with Crippen molar-refractivity contribution in [1.82, 2.24) is 5.32 Å². The molecular formula is C17H19ClN2O4S. The number of hydrogen-bond acceptors (Lipinski definition) is 4. The molecule has 2 aromatic rings. The third-order valence-corrected chi connectivity index (χ3v) is 4.11. The van der Waals surface area contributed by atoms with Crippen LogP contribution in [0.15, 0.2) is 42.5 Å². The molecule has 25 heavy (non-hydrogen) atoms. The lowest BCUT2D eigenvalue weighted by atomic mass is 10.2. The number of aryl methyl sites for hydroxylation is 1. The highest BCUT2D eigenvalue weighted by Gasteiger charge is 2.09. The van der Waals surface area contributed by atoms with Gasteiger partial charge in [0.15, 0.2) is 6.61 Å². The Hall–Kier alpha value is -2.25. The van der Waals surface area contributed by atoms with Crippen LogP contribution in [0, 0.1) is 6.92 Å². The first kappa shape index (κ1) is 19.1. The van der Waals surface area contributed by atoms with Gasteiger partial charge in [-0.15, -0.1) is 0 Å². The van der Waals surface area contributed by atoms with E-state index in [-0.39, 0.29) is 19.1 Å². The standard InChI is InChI=1S/C17H19ClN2O4S/c1-12-9-14(18)7-8-16(12)24-11-17(21)19-10-13-5-3-4-6-15(13)20-25(2,22)23/h3-9,20H,10-11H2,1-2H3,(H,19,21). The Morgan fingerprint density at radius 1 is 1.20 bits per heavy atom. The maximum absolute atomic E-state index is 12.0. The monoisotopic (exact) mass is 382 g/mol. The normalized spacial score (nSPS) is 11.0. The topological polar surface area (TPSA) is 84.5 Å². The molecule has 0 saturated carbocycles. The Morgan fingerprint density at radius 2 is 1.92 bits per heavy atom. The van der Waals surface area contributed by atoms with Crippen LogP contribution in [0.25, 0.3) is 0 Å². The quantitative estimate of drug-likeness (QED) is 0.771. The van der Waals surface area contributed by atoms with Crippen molar-refractivity contribution < 1.29 is 17.9 Å². The number of hydrogen-bond donors (Lipinski definition) is 2. The minimum absolute atomic E-state index is 0.149. The van der Waals surface area contributed by atoms with Crippen LogP contribution in [0.4, 0.5) is 5.69 Å². The van der Waals surface area contributed by atoms with Crippen LogP contribution in [-0.2, 0) is 21.4 Å². The van der Waals surface area contributed by atoms with Crippen molar-refractivity contribution in [2.24, 2.45) is 0 Å². The van der Waals surface area contributed by atoms with Crippen molar-refractivity contribution in [3.8, 4) is 5.75 Å². The molecule has 2 N–H and O–H groups in total. The molecule has 134 valence electrons. The summed E-state index contributed by atoms with van der Waals surface area (Å²) in [5, 5.41) is 3.30. The number of benzene rings is 2. The van der Waals surface area contributed by atoms with Crippen molar-refractivity contribution in [3.63, 3.8) is 0 Å². The van der Waals surface area contributed by atoms with E-state index in [9.17, 15) is 13.2 Å². The SMILES string of the molecule is Cc1cc(Cl)ccc1OCC(=O)NCc1ccccc1NS(C)(=O)=O. The van der Waals surface area contributed by atoms with Crippen molar-refractivity contribution in [3.05, 3.63) is 58.6 Å². The zero-order valence-corrected chi connectivity index (χ0v) is 15.4. The molecule has 0 heterocycles. The summed E-state index contributed by atoms with van der Waals surface area (Å²) in [5.74, 6) is 0.266. The highest BCUT2D eigenvalue weighted by molar-refractivity contribution is 7.92. The number of nitrogens with one attached hydrogen (secondary N) is 2. The van der Waals surface area contributed by atoms with E-state index in [0.717, 1.165) is 11.8 Å². The molecule has 0 aliphatic carbocycles. The van der Waals surface area contributed by atoms with Gasteiger partial charge < -0.3 is 10.1 Å². The minimum Gasteiger partial charge on any atom is -0.484 e. The summed E-state index contributed by atoms with van der Waals surface area (Å²) >= 11 is 5.87. The number of carbonyl (C=O) groups is 1. The molecule has 6 nitrogen and oxygen atoms in total. The number of amides is 1. The predicted molar refractivity (Wildman–Crippen MR) is 98.4 cm³/mol. The van der Waals surface area contributed by atoms with Crippen LogP contribution in [-0.4, -0.2) is 27.2 Å². The van der Waals surface area contributed by atoms with Crippen molar-refractivity contribution in [1.29, 1.82) is 0 Å². The molecule has 0 atom stereocenters. The van der Waals surface area contributed by atoms with Gasteiger partial charge in [0, 0.05) is 11.6 Å². The fourth-order valence-corrected chi connectivity index (χ4v) is 2.96. The smallest absolute Gasteiger partial charge is 0.258 e. The van der Waals surface area contributed by atoms with Gasteiger partial charge in [0.05, 0.1) is 11.9 Å². The largest absolute Gasteiger partial charge is 0.484 e. The molecule has 0 bridgehead atoms. The number of para-hydroxylation sites is 1. The van der Waals surface area contributed by atoms with Crippen LogP contribution < -0.4 is 14.8 Å². The summed E-state index contributed by atoms with van der Waals surface area (Å²) < 4.78 is 30.6. The van der Waals surface area contributed by atoms with Gasteiger partial charge in [0.2, 0.25) is 10.0 Å². The van der Waals surface area contributed by atoms with Crippen LogP contribution in [0.1, 0.15) is 11.1 Å². The Labute approximate surface area is 152 Å². The maximum Gasteiger partial charge on any atom is 0.258 e. The van der Waals surface area contributed by atoms with Gasteiger partial charge in [-0.1, -0.05) is 29.8 Å². The first-order chi connectivity index (χ1) is 11.7. The van der Waals surface area contributed by atoms with Crippen molar-refractivity contribution >= 4 is 33.2 Å². The van der Waals surface area contributed by atoms with Gasteiger partial charge in [-0.3, -0.25) is 9.52 Å². The Balaban J connectivity index is 1.92. The van der Waals surface area contributed by atoms with Crippen LogP contribution in [0.3, 0.4) is 0 Å². The summed E-state index contributed by atoms with van der Waals surface area (Å²) in [4.78, 5) is 12.0. The first-order valence-electron chi connectivity index (χ1n) is 7.46. The number of ether oxygens (including phenoxy) is 1. The van der Waals surface area contributed by atoms with Gasteiger partial charge in [0.25, 0.3) is 5.91 Å². The van der Waals surface area contributed by atoms with E-state index in [2.05, 4.69) is 10.0 Å². The van der Waals surface area contributed by atoms with E-state index in [1.165, 1.54) is 0 Å². The molecule has 0 aliphatic rings. The zero-order chi connectivity index (χ0) is 18.4. The molecule has 0 radical (unpaired) electrons. The van der Waals surface area contributed by atoms with Gasteiger partial charge in [-0.2, -0.15) is 0 Å². The molecule has 0 fully saturated rings. The molecule has 2 aromatic carbocycles. The molecular weight excluding hydrogens is 364 g/mol. The van der Waals surface area contributed by atoms with Crippen LogP contribution >= 0.6 is 11.6 Å². The van der Waals surface area contributed by atoms with Gasteiger partial charge in [0.1, 0.15) is 5.75 Å². The Morgan fingerprint density at radius 3 is 2.60 bits per heavy atom. The minimum atomic E-state index is -3.39. The van der Waals surface area contributed by atoms with Gasteiger partial charge in [-0.05, 0) is 42.3 Å². The van der Waals surface area contributed by atoms with Crippen LogP contribution in [0.2, 0.25) is 5.02 Å². The lowest BCUT2D eigenvalue weighted by Crippen LogP contribution is -2.29. The second-order valence-electron chi connectivity index (χ2n) is 5.51. The third-order valence-electron chi connectivity index (χ3n) is 3.28. The number of halogens is 1. The summed E-state index contributed by atoms with van der Waals surface area (Å²) in [6.07, 6.45) is 1.07. The summed E-state index contributed by atoms with van der Waals surface area (Å²) in [7, 11) is -3.39. The van der Waals surface area contributed by atoms with Crippen LogP contribution in [0.5, 0.6) is 5.75 Å². The van der Waals surface area contributed by atoms with Gasteiger partial charge >= 0.3 is 0 Å². The molecule has 0 aliphatic heterocycles. The molecule has 0 unspecified atom stereocenters. The second-order valence-corrected chi connectivity index (χ2v) is 7.69. The van der Waals surface area contributed by atoms with Crippen molar-refractivity contribution in [2.45, 2.75) is 13.5 Å². The zero-order valence-electron chi connectivity index (χ0n) is 13.9. The number of carbonyl (C=O) groups excluding carboxylic acids is 1. The summed E-state index contributed by atoms with van der Waals surface area (Å²) in [6.45, 7) is 1.87. The van der Waals surface area contributed by atoms with E-state index >= 15 is 0 Å². The maximum atomic E-state index is 12.0. The average molecular weight is 383 g/mol. The second kappa shape index (κ2) is 8.22. The van der Waals surface area contributed by atoms with E-state index in [0.29, 0.717) is 22.0 Å². The fraction of sp³-hybridized carbons (Fsp3) is 0.235. The van der Waals surface area contributed by atoms with E-state index in [4.69, 9.17) is 16.3 Å². The highest BCUT2D eigenvalue weighted by Crippen LogP contribution is 2.21. The molecule has 0 spiro atoms. The molecule has 0 aromatic heterocycles. The highest BCUT2D eigenvalue weighted by atomic mass is 35.5. The first-order valence-corrected chi connectivity index (χ1v) is 9.73. The Bertz CT molecular complexity index is 869.